The highest BCUT2D eigenvalue weighted by Crippen LogP contribution is 2.17. The van der Waals surface area contributed by atoms with E-state index in [1.54, 1.807) is 13.2 Å². The van der Waals surface area contributed by atoms with Crippen LogP contribution < -0.4 is 11.2 Å². The second-order valence-electron chi connectivity index (χ2n) is 3.57. The maximum Gasteiger partial charge on any atom is 0.343 e. The number of aromatic amines is 1. The van der Waals surface area contributed by atoms with E-state index in [0.717, 1.165) is 0 Å². The van der Waals surface area contributed by atoms with Crippen LogP contribution in [0.15, 0.2) is 16.1 Å². The third-order valence-corrected chi connectivity index (χ3v) is 2.97. The molecule has 7 nitrogen and oxygen atoms in total. The van der Waals surface area contributed by atoms with Gasteiger partial charge < -0.3 is 15.5 Å². The second-order valence-corrected chi connectivity index (χ2v) is 4.34. The maximum absolute atomic E-state index is 12.2. The number of carbonyl (C=O) groups excluding carboxylic acids is 1. The van der Waals surface area contributed by atoms with Gasteiger partial charge in [-0.25, -0.2) is 14.8 Å². The molecule has 2 rings (SSSR count). The first-order valence-electron chi connectivity index (χ1n) is 5.48. The summed E-state index contributed by atoms with van der Waals surface area (Å²) >= 11 is 1.31. The Labute approximate surface area is 112 Å². The van der Waals surface area contributed by atoms with Crippen molar-refractivity contribution in [2.75, 3.05) is 18.6 Å². The highest BCUT2D eigenvalue weighted by atomic mass is 32.2. The summed E-state index contributed by atoms with van der Waals surface area (Å²) in [6, 6.07) is 0. The van der Waals surface area contributed by atoms with E-state index in [4.69, 9.17) is 10.5 Å². The lowest BCUT2D eigenvalue weighted by atomic mass is 10.2. The molecule has 0 unspecified atom stereocenters. The molecule has 8 heteroatoms. The number of hydrogen-bond donors (Lipinski definition) is 2. The molecule has 0 aromatic carbocycles. The SMILES string of the molecule is CCOC(=O)c1c[nH]c2nc(SC)nc(N)c2c1=O. The molecule has 0 saturated carbocycles. The molecule has 0 aliphatic rings. The Morgan fingerprint density at radius 3 is 2.89 bits per heavy atom. The molecule has 3 N–H and O–H groups in total. The smallest absolute Gasteiger partial charge is 0.343 e. The van der Waals surface area contributed by atoms with Crippen molar-refractivity contribution in [2.24, 2.45) is 0 Å². The van der Waals surface area contributed by atoms with Gasteiger partial charge in [0.2, 0.25) is 5.43 Å². The zero-order chi connectivity index (χ0) is 14.0. The predicted octanol–water partition coefficient (Wildman–Crippen LogP) is 0.799. The van der Waals surface area contributed by atoms with Crippen LogP contribution in [0.1, 0.15) is 17.3 Å². The van der Waals surface area contributed by atoms with Gasteiger partial charge in [0.05, 0.1) is 6.61 Å². The fourth-order valence-corrected chi connectivity index (χ4v) is 1.95. The summed E-state index contributed by atoms with van der Waals surface area (Å²) in [6.07, 6.45) is 3.07. The molecule has 2 heterocycles. The van der Waals surface area contributed by atoms with Crippen molar-refractivity contribution in [3.63, 3.8) is 0 Å². The van der Waals surface area contributed by atoms with Gasteiger partial charge in [-0.15, -0.1) is 0 Å². The van der Waals surface area contributed by atoms with Crippen LogP contribution in [0.3, 0.4) is 0 Å². The number of carbonyl (C=O) groups is 1. The Kier molecular flexibility index (Phi) is 3.70. The molecular formula is C11H12N4O3S. The quantitative estimate of drug-likeness (QED) is 0.486. The number of esters is 1. The first-order chi connectivity index (χ1) is 9.08. The average Bonchev–Trinajstić information content (AvgIpc) is 2.38. The molecule has 0 bridgehead atoms. The monoisotopic (exact) mass is 280 g/mol. The molecule has 2 aromatic rings. The van der Waals surface area contributed by atoms with Gasteiger partial charge in [0, 0.05) is 6.20 Å². The lowest BCUT2D eigenvalue weighted by Gasteiger charge is -2.05. The molecule has 100 valence electrons. The summed E-state index contributed by atoms with van der Waals surface area (Å²) in [5.41, 5.74) is 5.40. The molecule has 0 saturated heterocycles. The molecule has 0 amide bonds. The molecule has 0 atom stereocenters. The number of hydrogen-bond acceptors (Lipinski definition) is 7. The number of H-pyrrole nitrogens is 1. The predicted molar refractivity (Wildman–Crippen MR) is 72.3 cm³/mol. The van der Waals surface area contributed by atoms with Crippen molar-refractivity contribution >= 4 is 34.6 Å². The van der Waals surface area contributed by atoms with Crippen molar-refractivity contribution in [3.8, 4) is 0 Å². The van der Waals surface area contributed by atoms with E-state index in [1.807, 2.05) is 0 Å². The number of aromatic nitrogens is 3. The fraction of sp³-hybridized carbons (Fsp3) is 0.273. The number of fused-ring (bicyclic) bond motifs is 1. The van der Waals surface area contributed by atoms with Gasteiger partial charge in [-0.1, -0.05) is 11.8 Å². The van der Waals surface area contributed by atoms with Gasteiger partial charge in [0.1, 0.15) is 22.4 Å². The second kappa shape index (κ2) is 5.27. The third kappa shape index (κ3) is 2.39. The van der Waals surface area contributed by atoms with E-state index in [0.29, 0.717) is 10.8 Å². The summed E-state index contributed by atoms with van der Waals surface area (Å²) in [7, 11) is 0. The summed E-state index contributed by atoms with van der Waals surface area (Å²) < 4.78 is 4.80. The summed E-state index contributed by atoms with van der Waals surface area (Å²) in [5.74, 6) is -0.652. The number of nitrogen functional groups attached to an aromatic ring is 1. The summed E-state index contributed by atoms with van der Waals surface area (Å²) in [4.78, 5) is 34.7. The Bertz CT molecular complexity index is 698. The molecule has 0 spiro atoms. The van der Waals surface area contributed by atoms with E-state index < -0.39 is 11.4 Å². The van der Waals surface area contributed by atoms with E-state index in [9.17, 15) is 9.59 Å². The van der Waals surface area contributed by atoms with Crippen molar-refractivity contribution in [1.29, 1.82) is 0 Å². The minimum Gasteiger partial charge on any atom is -0.462 e. The van der Waals surface area contributed by atoms with Crippen LogP contribution >= 0.6 is 11.8 Å². The number of nitrogens with zero attached hydrogens (tertiary/aromatic N) is 2. The topological polar surface area (TPSA) is 111 Å². The van der Waals surface area contributed by atoms with E-state index in [2.05, 4.69) is 15.0 Å². The van der Waals surface area contributed by atoms with Crippen molar-refractivity contribution < 1.29 is 9.53 Å². The fourth-order valence-electron chi connectivity index (χ4n) is 1.58. The number of nitrogens with two attached hydrogens (primary N) is 1. The number of ether oxygens (including phenoxy) is 1. The number of anilines is 1. The van der Waals surface area contributed by atoms with Crippen LogP contribution in [0.25, 0.3) is 11.0 Å². The van der Waals surface area contributed by atoms with Crippen molar-refractivity contribution in [3.05, 3.63) is 22.0 Å². The molecule has 0 aliphatic carbocycles. The highest BCUT2D eigenvalue weighted by molar-refractivity contribution is 7.98. The Balaban J connectivity index is 2.69. The van der Waals surface area contributed by atoms with E-state index >= 15 is 0 Å². The van der Waals surface area contributed by atoms with Crippen LogP contribution in [-0.4, -0.2) is 33.8 Å². The minimum atomic E-state index is -0.695. The lowest BCUT2D eigenvalue weighted by Crippen LogP contribution is -2.20. The van der Waals surface area contributed by atoms with Crippen molar-refractivity contribution in [2.45, 2.75) is 12.1 Å². The number of rotatable bonds is 3. The largest absolute Gasteiger partial charge is 0.462 e. The van der Waals surface area contributed by atoms with Crippen LogP contribution in [0.4, 0.5) is 5.82 Å². The zero-order valence-electron chi connectivity index (χ0n) is 10.4. The molecule has 0 radical (unpaired) electrons. The Hall–Kier alpha value is -2.09. The van der Waals surface area contributed by atoms with E-state index in [-0.39, 0.29) is 23.4 Å². The van der Waals surface area contributed by atoms with Crippen LogP contribution in [0.2, 0.25) is 0 Å². The van der Waals surface area contributed by atoms with Crippen LogP contribution in [-0.2, 0) is 4.74 Å². The number of nitrogens with one attached hydrogen (secondary N) is 1. The Morgan fingerprint density at radius 2 is 2.26 bits per heavy atom. The van der Waals surface area contributed by atoms with Crippen molar-refractivity contribution in [1.82, 2.24) is 15.0 Å². The summed E-state index contributed by atoms with van der Waals surface area (Å²) in [6.45, 7) is 1.85. The lowest BCUT2D eigenvalue weighted by molar-refractivity contribution is 0.0524. The molecular weight excluding hydrogens is 268 g/mol. The average molecular weight is 280 g/mol. The first kappa shape index (κ1) is 13.3. The van der Waals surface area contributed by atoms with Gasteiger partial charge in [0.25, 0.3) is 0 Å². The number of thioether (sulfide) groups is 1. The number of pyridine rings is 1. The Morgan fingerprint density at radius 1 is 1.53 bits per heavy atom. The van der Waals surface area contributed by atoms with Crippen LogP contribution in [0.5, 0.6) is 0 Å². The van der Waals surface area contributed by atoms with Gasteiger partial charge in [-0.05, 0) is 13.2 Å². The molecule has 2 aromatic heterocycles. The maximum atomic E-state index is 12.2. The minimum absolute atomic E-state index is 0.0433. The van der Waals surface area contributed by atoms with Gasteiger partial charge in [-0.3, -0.25) is 4.79 Å². The van der Waals surface area contributed by atoms with Gasteiger partial charge >= 0.3 is 5.97 Å². The normalized spacial score (nSPS) is 10.6. The molecule has 19 heavy (non-hydrogen) atoms. The van der Waals surface area contributed by atoms with Gasteiger partial charge in [0.15, 0.2) is 5.16 Å². The van der Waals surface area contributed by atoms with Gasteiger partial charge in [-0.2, -0.15) is 0 Å². The third-order valence-electron chi connectivity index (χ3n) is 2.42. The zero-order valence-corrected chi connectivity index (χ0v) is 11.2. The van der Waals surface area contributed by atoms with Crippen LogP contribution in [0, 0.1) is 0 Å². The molecule has 0 fully saturated rings. The summed E-state index contributed by atoms with van der Waals surface area (Å²) in [5, 5.41) is 0.549. The van der Waals surface area contributed by atoms with E-state index in [1.165, 1.54) is 18.0 Å². The highest BCUT2D eigenvalue weighted by Gasteiger charge is 2.17. The first-order valence-corrected chi connectivity index (χ1v) is 6.71. The molecule has 0 aliphatic heterocycles. The standard InChI is InChI=1S/C11H12N4O3S/c1-3-18-10(17)5-4-13-9-6(7(5)16)8(12)14-11(15-9)19-2/h4H,3H2,1-2H3,(H3,12,13,14,15,16).